The van der Waals surface area contributed by atoms with Crippen LogP contribution in [-0.4, -0.2) is 25.3 Å². The molecule has 0 aliphatic heterocycles. The first-order chi connectivity index (χ1) is 11.9. The number of aromatic amines is 1. The minimum absolute atomic E-state index is 0.160. The van der Waals surface area contributed by atoms with Gasteiger partial charge in [0.2, 0.25) is 11.0 Å². The number of thioether (sulfide) groups is 1. The van der Waals surface area contributed by atoms with Crippen LogP contribution in [0, 0.1) is 0 Å². The minimum atomic E-state index is -0.160. The highest BCUT2D eigenvalue weighted by molar-refractivity contribution is 7.98. The predicted octanol–water partition coefficient (Wildman–Crippen LogP) is 4.01. The molecule has 0 bridgehead atoms. The van der Waals surface area contributed by atoms with Crippen LogP contribution in [0.3, 0.4) is 0 Å². The van der Waals surface area contributed by atoms with E-state index in [1.54, 1.807) is 24.3 Å². The van der Waals surface area contributed by atoms with Gasteiger partial charge < -0.3 is 9.26 Å². The third kappa shape index (κ3) is 4.96. The second-order valence-corrected chi connectivity index (χ2v) is 7.74. The van der Waals surface area contributed by atoms with Crippen LogP contribution in [0.5, 0.6) is 5.75 Å². The van der Waals surface area contributed by atoms with Crippen molar-refractivity contribution in [3.05, 3.63) is 46.8 Å². The highest BCUT2D eigenvalue weighted by Gasteiger charge is 2.21. The largest absolute Gasteiger partial charge is 0.486 e. The molecule has 1 aromatic carbocycles. The van der Waals surface area contributed by atoms with Crippen molar-refractivity contribution < 1.29 is 9.26 Å². The average molecular weight is 380 g/mol. The molecule has 0 amide bonds. The average Bonchev–Trinajstić information content (AvgIpc) is 3.21. The van der Waals surface area contributed by atoms with E-state index in [2.05, 4.69) is 25.3 Å². The van der Waals surface area contributed by atoms with Gasteiger partial charge in [-0.1, -0.05) is 49.3 Å². The van der Waals surface area contributed by atoms with Crippen LogP contribution >= 0.6 is 23.4 Å². The van der Waals surface area contributed by atoms with Gasteiger partial charge in [-0.2, -0.15) is 4.98 Å². The predicted molar refractivity (Wildman–Crippen MR) is 94.7 cm³/mol. The Hall–Kier alpha value is -2.06. The van der Waals surface area contributed by atoms with Gasteiger partial charge >= 0.3 is 0 Å². The van der Waals surface area contributed by atoms with Gasteiger partial charge in [-0.15, -0.1) is 5.10 Å². The smallest absolute Gasteiger partial charge is 0.232 e. The normalized spacial score (nSPS) is 11.7. The molecule has 3 rings (SSSR count). The summed E-state index contributed by atoms with van der Waals surface area (Å²) in [4.78, 5) is 8.76. The fraction of sp³-hybridized carbons (Fsp3) is 0.375. The number of aromatic nitrogens is 5. The lowest BCUT2D eigenvalue weighted by molar-refractivity contribution is 0.296. The zero-order valence-corrected chi connectivity index (χ0v) is 15.7. The topological polar surface area (TPSA) is 89.7 Å². The zero-order valence-electron chi connectivity index (χ0n) is 14.1. The Bertz CT molecular complexity index is 826. The zero-order chi connectivity index (χ0) is 17.9. The lowest BCUT2D eigenvalue weighted by Gasteiger charge is -2.10. The number of hydrogen-bond acceptors (Lipinski definition) is 7. The first-order valence-corrected chi connectivity index (χ1v) is 9.02. The number of halogens is 1. The number of hydrogen-bond donors (Lipinski definition) is 1. The van der Waals surface area contributed by atoms with Crippen molar-refractivity contribution in [2.45, 2.75) is 43.7 Å². The first kappa shape index (κ1) is 17.8. The molecule has 2 heterocycles. The van der Waals surface area contributed by atoms with E-state index >= 15 is 0 Å². The Labute approximate surface area is 154 Å². The van der Waals surface area contributed by atoms with Crippen LogP contribution in [0.2, 0.25) is 5.02 Å². The molecule has 9 heteroatoms. The van der Waals surface area contributed by atoms with Crippen molar-refractivity contribution >= 4 is 23.4 Å². The van der Waals surface area contributed by atoms with E-state index in [4.69, 9.17) is 20.9 Å². The molecule has 3 aromatic rings. The van der Waals surface area contributed by atoms with Gasteiger partial charge in [0.1, 0.15) is 12.4 Å². The summed E-state index contributed by atoms with van der Waals surface area (Å²) in [6.07, 6.45) is 0. The van der Waals surface area contributed by atoms with Crippen LogP contribution in [0.4, 0.5) is 0 Å². The van der Waals surface area contributed by atoms with Crippen molar-refractivity contribution in [1.82, 2.24) is 25.3 Å². The standard InChI is InChI=1S/C16H18ClN5O2S/c1-16(2,3)14-18-13(22-24-14)9-25-15-19-12(20-21-15)8-23-11-6-4-10(17)5-7-11/h4-7H,8-9H2,1-3H3,(H,19,20,21). The number of ether oxygens (including phenoxy) is 1. The summed E-state index contributed by atoms with van der Waals surface area (Å²) < 4.78 is 10.9. The minimum Gasteiger partial charge on any atom is -0.486 e. The lowest BCUT2D eigenvalue weighted by Crippen LogP contribution is -2.11. The van der Waals surface area contributed by atoms with E-state index in [-0.39, 0.29) is 5.41 Å². The van der Waals surface area contributed by atoms with E-state index in [1.807, 2.05) is 20.8 Å². The van der Waals surface area contributed by atoms with Gasteiger partial charge in [0.15, 0.2) is 11.6 Å². The fourth-order valence-corrected chi connectivity index (χ4v) is 2.62. The van der Waals surface area contributed by atoms with Crippen LogP contribution in [0.25, 0.3) is 0 Å². The summed E-state index contributed by atoms with van der Waals surface area (Å²) in [5.41, 5.74) is -0.160. The number of rotatable bonds is 6. The maximum Gasteiger partial charge on any atom is 0.232 e. The molecule has 0 aliphatic rings. The Balaban J connectivity index is 1.51. The molecule has 0 saturated carbocycles. The summed E-state index contributed by atoms with van der Waals surface area (Å²) in [6.45, 7) is 6.38. The van der Waals surface area contributed by atoms with E-state index < -0.39 is 0 Å². The summed E-state index contributed by atoms with van der Waals surface area (Å²) in [6, 6.07) is 7.15. The molecular weight excluding hydrogens is 362 g/mol. The van der Waals surface area contributed by atoms with Crippen LogP contribution in [0.1, 0.15) is 38.3 Å². The Morgan fingerprint density at radius 1 is 1.20 bits per heavy atom. The van der Waals surface area contributed by atoms with E-state index in [0.29, 0.717) is 40.1 Å². The molecular formula is C16H18ClN5O2S. The van der Waals surface area contributed by atoms with Crippen LogP contribution in [-0.2, 0) is 17.8 Å². The molecule has 0 radical (unpaired) electrons. The first-order valence-electron chi connectivity index (χ1n) is 7.66. The molecule has 0 spiro atoms. The lowest BCUT2D eigenvalue weighted by atomic mass is 9.97. The Morgan fingerprint density at radius 2 is 1.96 bits per heavy atom. The highest BCUT2D eigenvalue weighted by Crippen LogP contribution is 2.23. The summed E-state index contributed by atoms with van der Waals surface area (Å²) in [7, 11) is 0. The van der Waals surface area contributed by atoms with Crippen molar-refractivity contribution in [2.75, 3.05) is 0 Å². The van der Waals surface area contributed by atoms with Gasteiger partial charge in [-0.05, 0) is 24.3 Å². The van der Waals surface area contributed by atoms with Crippen molar-refractivity contribution in [1.29, 1.82) is 0 Å². The van der Waals surface area contributed by atoms with Gasteiger partial charge in [0.25, 0.3) is 0 Å². The third-order valence-electron chi connectivity index (χ3n) is 3.14. The number of benzene rings is 1. The van der Waals surface area contributed by atoms with Gasteiger partial charge in [0.05, 0.1) is 5.75 Å². The molecule has 0 fully saturated rings. The monoisotopic (exact) mass is 379 g/mol. The highest BCUT2D eigenvalue weighted by atomic mass is 35.5. The van der Waals surface area contributed by atoms with Crippen molar-refractivity contribution in [3.8, 4) is 5.75 Å². The molecule has 0 aliphatic carbocycles. The molecule has 0 saturated heterocycles. The van der Waals surface area contributed by atoms with Gasteiger partial charge in [-0.3, -0.25) is 5.10 Å². The van der Waals surface area contributed by atoms with Gasteiger partial charge in [0, 0.05) is 10.4 Å². The summed E-state index contributed by atoms with van der Waals surface area (Å²) in [5, 5.41) is 12.3. The molecule has 132 valence electrons. The molecule has 7 nitrogen and oxygen atoms in total. The van der Waals surface area contributed by atoms with E-state index in [0.717, 1.165) is 5.75 Å². The molecule has 0 unspecified atom stereocenters. The third-order valence-corrected chi connectivity index (χ3v) is 4.24. The second kappa shape index (κ2) is 7.45. The number of H-pyrrole nitrogens is 1. The van der Waals surface area contributed by atoms with E-state index in [1.165, 1.54) is 11.8 Å². The van der Waals surface area contributed by atoms with Crippen LogP contribution in [0.15, 0.2) is 33.9 Å². The number of nitrogens with one attached hydrogen (secondary N) is 1. The quantitative estimate of drug-likeness (QED) is 0.647. The van der Waals surface area contributed by atoms with E-state index in [9.17, 15) is 0 Å². The Kier molecular flexibility index (Phi) is 5.29. The molecule has 2 aromatic heterocycles. The molecule has 1 N–H and O–H groups in total. The molecule has 0 atom stereocenters. The molecule has 25 heavy (non-hydrogen) atoms. The maximum atomic E-state index is 5.84. The van der Waals surface area contributed by atoms with Gasteiger partial charge in [-0.25, -0.2) is 4.98 Å². The van der Waals surface area contributed by atoms with Crippen molar-refractivity contribution in [2.24, 2.45) is 0 Å². The second-order valence-electron chi connectivity index (χ2n) is 6.36. The summed E-state index contributed by atoms with van der Waals surface area (Å²) >= 11 is 7.27. The maximum absolute atomic E-state index is 5.84. The van der Waals surface area contributed by atoms with Crippen LogP contribution < -0.4 is 4.74 Å². The Morgan fingerprint density at radius 3 is 2.64 bits per heavy atom. The summed E-state index contributed by atoms with van der Waals surface area (Å²) in [5.74, 6) is 3.14. The number of nitrogens with zero attached hydrogens (tertiary/aromatic N) is 4. The van der Waals surface area contributed by atoms with Crippen molar-refractivity contribution in [3.63, 3.8) is 0 Å². The SMILES string of the molecule is CC(C)(C)c1nc(CSc2n[nH]c(COc3ccc(Cl)cc3)n2)no1. The fourth-order valence-electron chi connectivity index (χ4n) is 1.84.